The van der Waals surface area contributed by atoms with Gasteiger partial charge >= 0.3 is 5.97 Å². The first kappa shape index (κ1) is 12.0. The van der Waals surface area contributed by atoms with E-state index in [9.17, 15) is 9.59 Å². The molecular weight excluding hydrogens is 208 g/mol. The topological polar surface area (TPSA) is 72.6 Å². The van der Waals surface area contributed by atoms with Gasteiger partial charge in [-0.25, -0.2) is 4.79 Å². The van der Waals surface area contributed by atoms with Gasteiger partial charge in [0.05, 0.1) is 12.7 Å². The number of hydrogen-bond acceptors (Lipinski definition) is 4. The molecule has 0 fully saturated rings. The number of methoxy groups -OCH3 is 1. The number of rotatable bonds is 2. The Labute approximate surface area is 93.8 Å². The van der Waals surface area contributed by atoms with E-state index in [1.807, 2.05) is 0 Å². The summed E-state index contributed by atoms with van der Waals surface area (Å²) in [5, 5.41) is 0. The zero-order valence-corrected chi connectivity index (χ0v) is 9.48. The summed E-state index contributed by atoms with van der Waals surface area (Å²) in [5.41, 5.74) is 6.60. The Morgan fingerprint density at radius 1 is 1.19 bits per heavy atom. The van der Waals surface area contributed by atoms with Crippen molar-refractivity contribution in [2.24, 2.45) is 0 Å². The molecule has 5 nitrogen and oxygen atoms in total. The van der Waals surface area contributed by atoms with Gasteiger partial charge in [-0.1, -0.05) is 0 Å². The molecule has 16 heavy (non-hydrogen) atoms. The van der Waals surface area contributed by atoms with E-state index >= 15 is 0 Å². The lowest BCUT2D eigenvalue weighted by Gasteiger charge is -2.11. The molecule has 0 aliphatic carbocycles. The largest absolute Gasteiger partial charge is 0.465 e. The summed E-state index contributed by atoms with van der Waals surface area (Å²) < 4.78 is 4.57. The van der Waals surface area contributed by atoms with E-state index in [4.69, 9.17) is 5.73 Å². The fourth-order valence-electron chi connectivity index (χ4n) is 1.27. The van der Waals surface area contributed by atoms with Gasteiger partial charge in [-0.2, -0.15) is 0 Å². The summed E-state index contributed by atoms with van der Waals surface area (Å²) in [5.74, 6) is -0.724. The minimum Gasteiger partial charge on any atom is -0.465 e. The van der Waals surface area contributed by atoms with Gasteiger partial charge in [-0.3, -0.25) is 4.79 Å². The smallest absolute Gasteiger partial charge is 0.337 e. The van der Waals surface area contributed by atoms with Crippen LogP contribution in [-0.2, 0) is 4.74 Å². The molecule has 0 bridgehead atoms. The first-order valence-corrected chi connectivity index (χ1v) is 4.66. The Bertz CT molecular complexity index is 427. The van der Waals surface area contributed by atoms with Crippen molar-refractivity contribution in [1.82, 2.24) is 4.90 Å². The first-order valence-electron chi connectivity index (χ1n) is 4.66. The molecule has 0 atom stereocenters. The van der Waals surface area contributed by atoms with Crippen LogP contribution in [0.4, 0.5) is 5.69 Å². The van der Waals surface area contributed by atoms with Crippen LogP contribution in [0.1, 0.15) is 20.7 Å². The highest BCUT2D eigenvalue weighted by Crippen LogP contribution is 2.14. The monoisotopic (exact) mass is 222 g/mol. The number of esters is 1. The van der Waals surface area contributed by atoms with Crippen molar-refractivity contribution in [1.29, 1.82) is 0 Å². The summed E-state index contributed by atoms with van der Waals surface area (Å²) in [6.07, 6.45) is 0. The second kappa shape index (κ2) is 4.65. The normalized spacial score (nSPS) is 9.69. The van der Waals surface area contributed by atoms with Crippen LogP contribution in [0, 0.1) is 0 Å². The van der Waals surface area contributed by atoms with E-state index in [2.05, 4.69) is 4.74 Å². The zero-order chi connectivity index (χ0) is 12.3. The van der Waals surface area contributed by atoms with E-state index in [1.54, 1.807) is 14.1 Å². The number of ether oxygens (including phenoxy) is 1. The maximum absolute atomic E-state index is 11.7. The number of carbonyl (C=O) groups excluding carboxylic acids is 2. The lowest BCUT2D eigenvalue weighted by atomic mass is 10.1. The maximum Gasteiger partial charge on any atom is 0.337 e. The average molecular weight is 222 g/mol. The van der Waals surface area contributed by atoms with Gasteiger partial charge < -0.3 is 15.4 Å². The molecule has 5 heteroatoms. The second-order valence-corrected chi connectivity index (χ2v) is 3.53. The Morgan fingerprint density at radius 3 is 2.25 bits per heavy atom. The third kappa shape index (κ3) is 2.50. The van der Waals surface area contributed by atoms with E-state index in [1.165, 1.54) is 30.2 Å². The van der Waals surface area contributed by atoms with Crippen LogP contribution in [0.2, 0.25) is 0 Å². The summed E-state index contributed by atoms with van der Waals surface area (Å²) in [6.45, 7) is 0. The Kier molecular flexibility index (Phi) is 3.50. The van der Waals surface area contributed by atoms with Gasteiger partial charge in [0.25, 0.3) is 5.91 Å². The molecule has 1 amide bonds. The number of nitrogens with zero attached hydrogens (tertiary/aromatic N) is 1. The quantitative estimate of drug-likeness (QED) is 0.592. The highest BCUT2D eigenvalue weighted by atomic mass is 16.5. The third-order valence-electron chi connectivity index (χ3n) is 2.03. The average Bonchev–Trinajstić information content (AvgIpc) is 2.25. The van der Waals surface area contributed by atoms with E-state index < -0.39 is 5.97 Å². The molecule has 86 valence electrons. The summed E-state index contributed by atoms with van der Waals surface area (Å²) >= 11 is 0. The molecule has 0 heterocycles. The van der Waals surface area contributed by atoms with Gasteiger partial charge in [-0.15, -0.1) is 0 Å². The third-order valence-corrected chi connectivity index (χ3v) is 2.03. The number of anilines is 1. The Hall–Kier alpha value is -2.04. The predicted molar refractivity (Wildman–Crippen MR) is 60.2 cm³/mol. The molecular formula is C11H14N2O3. The molecule has 0 aliphatic heterocycles. The fourth-order valence-corrected chi connectivity index (χ4v) is 1.27. The lowest BCUT2D eigenvalue weighted by Crippen LogP contribution is -2.22. The van der Waals surface area contributed by atoms with Gasteiger partial charge in [-0.05, 0) is 18.2 Å². The van der Waals surface area contributed by atoms with Crippen LogP contribution < -0.4 is 5.73 Å². The molecule has 0 saturated heterocycles. The van der Waals surface area contributed by atoms with Gasteiger partial charge in [0.2, 0.25) is 0 Å². The van der Waals surface area contributed by atoms with Gasteiger partial charge in [0.15, 0.2) is 0 Å². The molecule has 1 aromatic carbocycles. The van der Waals surface area contributed by atoms with Crippen LogP contribution in [0.5, 0.6) is 0 Å². The number of nitrogens with two attached hydrogens (primary N) is 1. The van der Waals surface area contributed by atoms with E-state index in [0.29, 0.717) is 11.3 Å². The van der Waals surface area contributed by atoms with Gasteiger partial charge in [0.1, 0.15) is 0 Å². The summed E-state index contributed by atoms with van der Waals surface area (Å²) in [7, 11) is 4.53. The lowest BCUT2D eigenvalue weighted by molar-refractivity contribution is 0.0601. The van der Waals surface area contributed by atoms with Crippen LogP contribution in [-0.4, -0.2) is 38.0 Å². The molecule has 0 aliphatic rings. The number of carbonyl (C=O) groups is 2. The van der Waals surface area contributed by atoms with Crippen molar-refractivity contribution in [2.45, 2.75) is 0 Å². The highest BCUT2D eigenvalue weighted by Gasteiger charge is 2.13. The van der Waals surface area contributed by atoms with Gasteiger partial charge in [0, 0.05) is 25.3 Å². The van der Waals surface area contributed by atoms with Crippen LogP contribution in [0.25, 0.3) is 0 Å². The fraction of sp³-hybridized carbons (Fsp3) is 0.273. The minimum absolute atomic E-state index is 0.211. The number of amides is 1. The van der Waals surface area contributed by atoms with Crippen LogP contribution in [0.15, 0.2) is 18.2 Å². The van der Waals surface area contributed by atoms with E-state index in [-0.39, 0.29) is 11.5 Å². The van der Waals surface area contributed by atoms with Crippen molar-refractivity contribution >= 4 is 17.6 Å². The molecule has 1 rings (SSSR count). The van der Waals surface area contributed by atoms with Crippen molar-refractivity contribution in [3.05, 3.63) is 29.3 Å². The van der Waals surface area contributed by atoms with Crippen molar-refractivity contribution in [3.8, 4) is 0 Å². The predicted octanol–water partition coefficient (Wildman–Crippen LogP) is 0.757. The SMILES string of the molecule is COC(=O)c1cc(N)cc(C(=O)N(C)C)c1. The van der Waals surface area contributed by atoms with Crippen molar-refractivity contribution in [2.75, 3.05) is 26.9 Å². The standard InChI is InChI=1S/C11H14N2O3/c1-13(2)10(14)7-4-8(11(15)16-3)6-9(12)5-7/h4-6H,12H2,1-3H3. The summed E-state index contributed by atoms with van der Waals surface area (Å²) in [4.78, 5) is 24.4. The number of hydrogen-bond donors (Lipinski definition) is 1. The Balaban J connectivity index is 3.18. The van der Waals surface area contributed by atoms with Crippen LogP contribution >= 0.6 is 0 Å². The molecule has 0 radical (unpaired) electrons. The second-order valence-electron chi connectivity index (χ2n) is 3.53. The first-order chi connectivity index (χ1) is 7.45. The Morgan fingerprint density at radius 2 is 1.75 bits per heavy atom. The number of nitrogen functional groups attached to an aromatic ring is 1. The summed E-state index contributed by atoms with van der Waals surface area (Å²) in [6, 6.07) is 4.46. The molecule has 0 aromatic heterocycles. The van der Waals surface area contributed by atoms with Crippen LogP contribution in [0.3, 0.4) is 0 Å². The number of benzene rings is 1. The molecule has 0 unspecified atom stereocenters. The maximum atomic E-state index is 11.7. The molecule has 1 aromatic rings. The van der Waals surface area contributed by atoms with E-state index in [0.717, 1.165) is 0 Å². The zero-order valence-electron chi connectivity index (χ0n) is 9.48. The molecule has 0 spiro atoms. The van der Waals surface area contributed by atoms with Crippen molar-refractivity contribution in [3.63, 3.8) is 0 Å². The van der Waals surface area contributed by atoms with Crippen molar-refractivity contribution < 1.29 is 14.3 Å². The molecule has 0 saturated carbocycles. The highest BCUT2D eigenvalue weighted by molar-refractivity contribution is 5.99. The molecule has 2 N–H and O–H groups in total. The minimum atomic E-state index is -0.514.